The Morgan fingerprint density at radius 2 is 1.94 bits per heavy atom. The van der Waals surface area contributed by atoms with E-state index in [0.717, 1.165) is 5.56 Å². The second-order valence-electron chi connectivity index (χ2n) is 6.59. The minimum atomic E-state index is -2.94. The molecule has 0 aliphatic carbocycles. The Morgan fingerprint density at radius 3 is 2.61 bits per heavy atom. The Kier molecular flexibility index (Phi) is 6.49. The fourth-order valence-corrected chi connectivity index (χ4v) is 2.76. The lowest BCUT2D eigenvalue weighted by molar-refractivity contribution is -0.386. The number of nitro groups is 1. The molecule has 0 aliphatic rings. The predicted molar refractivity (Wildman–Crippen MR) is 107 cm³/mol. The largest absolute Gasteiger partial charge is 0.479 e. The number of nitrogens with one attached hydrogen (secondary N) is 1. The maximum absolute atomic E-state index is 12.4. The van der Waals surface area contributed by atoms with Crippen LogP contribution in [0.2, 0.25) is 0 Å². The molecule has 162 valence electrons. The van der Waals surface area contributed by atoms with E-state index < -0.39 is 17.4 Å². The molecule has 0 spiro atoms. The van der Waals surface area contributed by atoms with E-state index in [-0.39, 0.29) is 35.3 Å². The van der Waals surface area contributed by atoms with Crippen LogP contribution >= 0.6 is 0 Å². The van der Waals surface area contributed by atoms with Crippen LogP contribution in [0.15, 0.2) is 52.9 Å². The average molecular weight is 432 g/mol. The van der Waals surface area contributed by atoms with E-state index in [1.807, 2.05) is 0 Å². The molecule has 0 aliphatic heterocycles. The van der Waals surface area contributed by atoms with E-state index >= 15 is 0 Å². The van der Waals surface area contributed by atoms with Gasteiger partial charge in [0.25, 0.3) is 5.91 Å². The Balaban J connectivity index is 1.65. The third-order valence-corrected chi connectivity index (χ3v) is 4.24. The van der Waals surface area contributed by atoms with Crippen LogP contribution < -0.4 is 14.8 Å². The molecular weight excluding hydrogens is 414 g/mol. The number of hydrogen-bond acceptors (Lipinski definition) is 6. The van der Waals surface area contributed by atoms with Crippen LogP contribution in [0.4, 0.5) is 20.2 Å². The zero-order valence-corrected chi connectivity index (χ0v) is 16.6. The summed E-state index contributed by atoms with van der Waals surface area (Å²) in [5, 5.41) is 13.8. The number of anilines is 1. The normalized spacial score (nSPS) is 10.7. The number of hydrogen-bond donors (Lipinski definition) is 1. The molecule has 0 atom stereocenters. The summed E-state index contributed by atoms with van der Waals surface area (Å²) in [7, 11) is 0. The van der Waals surface area contributed by atoms with Crippen LogP contribution in [-0.4, -0.2) is 17.4 Å². The number of benzene rings is 2. The summed E-state index contributed by atoms with van der Waals surface area (Å²) in [4.78, 5) is 23.0. The van der Waals surface area contributed by atoms with Crippen LogP contribution in [0.1, 0.15) is 27.4 Å². The molecule has 1 amide bonds. The van der Waals surface area contributed by atoms with Gasteiger partial charge in [0.15, 0.2) is 11.5 Å². The minimum absolute atomic E-state index is 0.00990. The van der Waals surface area contributed by atoms with Crippen molar-refractivity contribution in [2.75, 3.05) is 5.32 Å². The molecule has 3 rings (SSSR count). The summed E-state index contributed by atoms with van der Waals surface area (Å²) < 4.78 is 39.8. The highest BCUT2D eigenvalue weighted by molar-refractivity contribution is 6.02. The summed E-state index contributed by atoms with van der Waals surface area (Å²) in [5.74, 6) is -0.215. The zero-order valence-electron chi connectivity index (χ0n) is 16.6. The third-order valence-electron chi connectivity index (χ3n) is 4.24. The summed E-state index contributed by atoms with van der Waals surface area (Å²) >= 11 is 0. The number of rotatable bonds is 8. The molecule has 1 N–H and O–H groups in total. The number of carbonyl (C=O) groups excluding carboxylic acids is 1. The monoisotopic (exact) mass is 432 g/mol. The first kappa shape index (κ1) is 21.8. The minimum Gasteiger partial charge on any atom is -0.479 e. The molecule has 0 saturated heterocycles. The van der Waals surface area contributed by atoms with Crippen molar-refractivity contribution in [3.63, 3.8) is 0 Å². The first-order valence-corrected chi connectivity index (χ1v) is 9.06. The second-order valence-corrected chi connectivity index (χ2v) is 6.59. The standard InChI is InChI=1S/C21H18F2N2O6/c1-12-3-7-18(17(9-12)25(27)28)29-11-15-5-8-19(30-15)20(26)24-16-6-4-14(10-13(16)2)31-21(22)23/h3-10,21H,11H2,1-2H3,(H,24,26). The second kappa shape index (κ2) is 9.24. The first-order chi connectivity index (χ1) is 14.7. The summed E-state index contributed by atoms with van der Waals surface area (Å²) in [6, 6.07) is 11.6. The van der Waals surface area contributed by atoms with Crippen LogP contribution in [0, 0.1) is 24.0 Å². The Labute approximate surface area is 175 Å². The van der Waals surface area contributed by atoms with E-state index in [1.54, 1.807) is 19.9 Å². The van der Waals surface area contributed by atoms with Gasteiger partial charge in [-0.05, 0) is 61.4 Å². The van der Waals surface area contributed by atoms with Crippen molar-refractivity contribution in [2.45, 2.75) is 27.1 Å². The smallest absolute Gasteiger partial charge is 0.387 e. The SMILES string of the molecule is Cc1ccc(OCc2ccc(C(=O)Nc3ccc(OC(F)F)cc3C)o2)c([N+](=O)[O-])c1. The molecule has 0 bridgehead atoms. The van der Waals surface area contributed by atoms with E-state index in [0.29, 0.717) is 11.3 Å². The molecule has 0 unspecified atom stereocenters. The number of amides is 1. The van der Waals surface area contributed by atoms with E-state index in [4.69, 9.17) is 9.15 Å². The van der Waals surface area contributed by atoms with Gasteiger partial charge in [-0.1, -0.05) is 6.07 Å². The van der Waals surface area contributed by atoms with Crippen molar-refractivity contribution in [2.24, 2.45) is 0 Å². The van der Waals surface area contributed by atoms with Gasteiger partial charge in [-0.15, -0.1) is 0 Å². The van der Waals surface area contributed by atoms with Crippen LogP contribution in [0.5, 0.6) is 11.5 Å². The number of ether oxygens (including phenoxy) is 2. The Bertz CT molecular complexity index is 1110. The Hall–Kier alpha value is -3.95. The topological polar surface area (TPSA) is 104 Å². The van der Waals surface area contributed by atoms with Crippen molar-refractivity contribution >= 4 is 17.3 Å². The molecule has 8 nitrogen and oxygen atoms in total. The van der Waals surface area contributed by atoms with Gasteiger partial charge < -0.3 is 19.2 Å². The summed E-state index contributed by atoms with van der Waals surface area (Å²) in [5.41, 5.74) is 1.48. The number of furan rings is 1. The van der Waals surface area contributed by atoms with Crippen molar-refractivity contribution < 1.29 is 32.4 Å². The van der Waals surface area contributed by atoms with E-state index in [1.165, 1.54) is 42.5 Å². The van der Waals surface area contributed by atoms with E-state index in [2.05, 4.69) is 10.1 Å². The summed E-state index contributed by atoms with van der Waals surface area (Å²) in [6.45, 7) is 0.305. The Morgan fingerprint density at radius 1 is 1.16 bits per heavy atom. The highest BCUT2D eigenvalue weighted by Gasteiger charge is 2.17. The molecule has 0 radical (unpaired) electrons. The molecular formula is C21H18F2N2O6. The maximum atomic E-state index is 12.4. The lowest BCUT2D eigenvalue weighted by atomic mass is 10.2. The summed E-state index contributed by atoms with van der Waals surface area (Å²) in [6.07, 6.45) is 0. The fraction of sp³-hybridized carbons (Fsp3) is 0.190. The molecule has 10 heteroatoms. The van der Waals surface area contributed by atoms with Crippen molar-refractivity contribution in [1.82, 2.24) is 0 Å². The molecule has 3 aromatic rings. The lowest BCUT2D eigenvalue weighted by Crippen LogP contribution is -2.12. The number of alkyl halides is 2. The van der Waals surface area contributed by atoms with Gasteiger partial charge in [-0.3, -0.25) is 14.9 Å². The predicted octanol–water partition coefficient (Wildman–Crippen LogP) is 5.24. The van der Waals surface area contributed by atoms with Gasteiger partial charge in [0.1, 0.15) is 18.1 Å². The molecule has 31 heavy (non-hydrogen) atoms. The van der Waals surface area contributed by atoms with Gasteiger partial charge in [-0.2, -0.15) is 8.78 Å². The van der Waals surface area contributed by atoms with Crippen molar-refractivity contribution in [3.8, 4) is 11.5 Å². The van der Waals surface area contributed by atoms with E-state index in [9.17, 15) is 23.7 Å². The number of halogens is 2. The molecule has 1 heterocycles. The van der Waals surface area contributed by atoms with Gasteiger partial charge >= 0.3 is 12.3 Å². The zero-order chi connectivity index (χ0) is 22.5. The molecule has 0 fully saturated rings. The highest BCUT2D eigenvalue weighted by atomic mass is 19.3. The highest BCUT2D eigenvalue weighted by Crippen LogP contribution is 2.29. The van der Waals surface area contributed by atoms with Gasteiger partial charge in [0, 0.05) is 11.8 Å². The first-order valence-electron chi connectivity index (χ1n) is 9.06. The molecule has 1 aromatic heterocycles. The lowest BCUT2D eigenvalue weighted by Gasteiger charge is -2.10. The fourth-order valence-electron chi connectivity index (χ4n) is 2.76. The van der Waals surface area contributed by atoms with Gasteiger partial charge in [-0.25, -0.2) is 0 Å². The number of nitro benzene ring substituents is 1. The van der Waals surface area contributed by atoms with Gasteiger partial charge in [0.05, 0.1) is 4.92 Å². The number of aryl methyl sites for hydroxylation is 2. The molecule has 2 aromatic carbocycles. The van der Waals surface area contributed by atoms with Crippen LogP contribution in [-0.2, 0) is 6.61 Å². The van der Waals surface area contributed by atoms with Crippen molar-refractivity contribution in [3.05, 3.63) is 81.3 Å². The number of nitrogens with zero attached hydrogens (tertiary/aromatic N) is 1. The quantitative estimate of drug-likeness (QED) is 0.386. The number of carbonyl (C=O) groups is 1. The third kappa shape index (κ3) is 5.56. The maximum Gasteiger partial charge on any atom is 0.387 e. The van der Waals surface area contributed by atoms with Crippen LogP contribution in [0.25, 0.3) is 0 Å². The van der Waals surface area contributed by atoms with Gasteiger partial charge in [0.2, 0.25) is 0 Å². The average Bonchev–Trinajstić information content (AvgIpc) is 3.17. The van der Waals surface area contributed by atoms with Crippen LogP contribution in [0.3, 0.4) is 0 Å². The van der Waals surface area contributed by atoms with Crippen molar-refractivity contribution in [1.29, 1.82) is 0 Å². The molecule has 0 saturated carbocycles.